The molecule has 0 spiro atoms. The summed E-state index contributed by atoms with van der Waals surface area (Å²) >= 11 is 1.78. The predicted molar refractivity (Wildman–Crippen MR) is 75.9 cm³/mol. The molecule has 1 saturated carbocycles. The van der Waals surface area contributed by atoms with Crippen LogP contribution in [0.2, 0.25) is 0 Å². The Balaban J connectivity index is 1.69. The van der Waals surface area contributed by atoms with E-state index in [1.165, 1.54) is 15.6 Å². The SMILES string of the molecule is CC(Cc1csc2ccccc12)NC(=O)C1CC1. The Hall–Kier alpha value is -1.35. The van der Waals surface area contributed by atoms with E-state index in [0.717, 1.165) is 19.3 Å². The zero-order valence-corrected chi connectivity index (χ0v) is 11.3. The second-order valence-corrected chi connectivity index (χ2v) is 6.06. The maximum atomic E-state index is 11.7. The normalized spacial score (nSPS) is 16.7. The van der Waals surface area contributed by atoms with Crippen molar-refractivity contribution in [1.29, 1.82) is 0 Å². The standard InChI is InChI=1S/C15H17NOS/c1-10(16-15(17)11-6-7-11)8-12-9-18-14-5-3-2-4-13(12)14/h2-5,9-11H,6-8H2,1H3,(H,16,17). The molecule has 1 aromatic heterocycles. The van der Waals surface area contributed by atoms with Gasteiger partial charge < -0.3 is 5.32 Å². The molecule has 1 atom stereocenters. The number of hydrogen-bond donors (Lipinski definition) is 1. The minimum atomic E-state index is 0.219. The van der Waals surface area contributed by atoms with E-state index in [1.807, 2.05) is 0 Å². The lowest BCUT2D eigenvalue weighted by Gasteiger charge is -2.13. The summed E-state index contributed by atoms with van der Waals surface area (Å²) in [4.78, 5) is 11.7. The van der Waals surface area contributed by atoms with Crippen molar-refractivity contribution in [2.75, 3.05) is 0 Å². The molecule has 1 aliphatic carbocycles. The molecular formula is C15H17NOS. The van der Waals surface area contributed by atoms with Gasteiger partial charge in [0.1, 0.15) is 0 Å². The molecule has 0 saturated heterocycles. The number of benzene rings is 1. The first kappa shape index (κ1) is 11.7. The summed E-state index contributed by atoms with van der Waals surface area (Å²) in [6, 6.07) is 8.68. The Morgan fingerprint density at radius 2 is 2.22 bits per heavy atom. The van der Waals surface area contributed by atoms with Crippen LogP contribution in [0, 0.1) is 5.92 Å². The average molecular weight is 259 g/mol. The van der Waals surface area contributed by atoms with Crippen molar-refractivity contribution in [2.24, 2.45) is 5.92 Å². The summed E-state index contributed by atoms with van der Waals surface area (Å²) in [5.74, 6) is 0.536. The fourth-order valence-corrected chi connectivity index (χ4v) is 3.25. The topological polar surface area (TPSA) is 29.1 Å². The predicted octanol–water partition coefficient (Wildman–Crippen LogP) is 3.36. The summed E-state index contributed by atoms with van der Waals surface area (Å²) in [5, 5.41) is 6.65. The van der Waals surface area contributed by atoms with E-state index in [2.05, 4.69) is 41.9 Å². The fourth-order valence-electron chi connectivity index (χ4n) is 2.28. The van der Waals surface area contributed by atoms with E-state index in [9.17, 15) is 4.79 Å². The van der Waals surface area contributed by atoms with Gasteiger partial charge in [-0.2, -0.15) is 0 Å². The largest absolute Gasteiger partial charge is 0.353 e. The number of rotatable bonds is 4. The highest BCUT2D eigenvalue weighted by Crippen LogP contribution is 2.29. The van der Waals surface area contributed by atoms with Gasteiger partial charge in [0.2, 0.25) is 5.91 Å². The average Bonchev–Trinajstić information content (AvgIpc) is 3.14. The van der Waals surface area contributed by atoms with E-state index in [0.29, 0.717) is 5.92 Å². The van der Waals surface area contributed by atoms with Gasteiger partial charge in [0.15, 0.2) is 0 Å². The maximum Gasteiger partial charge on any atom is 0.223 e. The molecule has 2 aromatic rings. The fraction of sp³-hybridized carbons (Fsp3) is 0.400. The summed E-state index contributed by atoms with van der Waals surface area (Å²) in [7, 11) is 0. The van der Waals surface area contributed by atoms with Gasteiger partial charge in [0.25, 0.3) is 0 Å². The van der Waals surface area contributed by atoms with Crippen LogP contribution >= 0.6 is 11.3 Å². The van der Waals surface area contributed by atoms with E-state index < -0.39 is 0 Å². The zero-order valence-electron chi connectivity index (χ0n) is 10.5. The lowest BCUT2D eigenvalue weighted by atomic mass is 10.1. The number of fused-ring (bicyclic) bond motifs is 1. The molecule has 18 heavy (non-hydrogen) atoms. The van der Waals surface area contributed by atoms with E-state index >= 15 is 0 Å². The second-order valence-electron chi connectivity index (χ2n) is 5.15. The summed E-state index contributed by atoms with van der Waals surface area (Å²) in [6.07, 6.45) is 3.06. The van der Waals surface area contributed by atoms with Gasteiger partial charge in [-0.3, -0.25) is 4.79 Å². The third-order valence-electron chi connectivity index (χ3n) is 3.42. The van der Waals surface area contributed by atoms with E-state index in [1.54, 1.807) is 11.3 Å². The molecule has 1 N–H and O–H groups in total. The molecule has 0 bridgehead atoms. The molecule has 1 aliphatic rings. The highest BCUT2D eigenvalue weighted by Gasteiger charge is 2.30. The summed E-state index contributed by atoms with van der Waals surface area (Å²) in [6.45, 7) is 2.09. The third-order valence-corrected chi connectivity index (χ3v) is 4.44. The van der Waals surface area contributed by atoms with Crippen LogP contribution in [0.15, 0.2) is 29.6 Å². The van der Waals surface area contributed by atoms with Gasteiger partial charge >= 0.3 is 0 Å². The van der Waals surface area contributed by atoms with Crippen LogP contribution in [0.5, 0.6) is 0 Å². The Bertz CT molecular complexity index is 571. The Labute approximate surface area is 111 Å². The first-order valence-corrected chi connectivity index (χ1v) is 7.37. The van der Waals surface area contributed by atoms with Crippen molar-refractivity contribution >= 4 is 27.3 Å². The van der Waals surface area contributed by atoms with Crippen LogP contribution in [0.4, 0.5) is 0 Å². The first-order chi connectivity index (χ1) is 8.74. The van der Waals surface area contributed by atoms with Gasteiger partial charge in [0.05, 0.1) is 0 Å². The molecule has 1 fully saturated rings. The highest BCUT2D eigenvalue weighted by molar-refractivity contribution is 7.17. The van der Waals surface area contributed by atoms with Crippen LogP contribution in [-0.4, -0.2) is 11.9 Å². The molecule has 3 heteroatoms. The molecule has 0 radical (unpaired) electrons. The number of carbonyl (C=O) groups excluding carboxylic acids is 1. The molecule has 94 valence electrons. The quantitative estimate of drug-likeness (QED) is 0.896. The number of amides is 1. The van der Waals surface area contributed by atoms with Gasteiger partial charge in [0, 0.05) is 16.7 Å². The summed E-state index contributed by atoms with van der Waals surface area (Å²) < 4.78 is 1.33. The molecule has 1 unspecified atom stereocenters. The number of hydrogen-bond acceptors (Lipinski definition) is 2. The Morgan fingerprint density at radius 3 is 3.00 bits per heavy atom. The smallest absolute Gasteiger partial charge is 0.223 e. The van der Waals surface area contributed by atoms with Gasteiger partial charge in [-0.15, -0.1) is 11.3 Å². The van der Waals surface area contributed by atoms with Crippen LogP contribution < -0.4 is 5.32 Å². The van der Waals surface area contributed by atoms with Crippen LogP contribution in [0.3, 0.4) is 0 Å². The lowest BCUT2D eigenvalue weighted by Crippen LogP contribution is -2.35. The van der Waals surface area contributed by atoms with Gasteiger partial charge in [-0.05, 0) is 48.6 Å². The second kappa shape index (κ2) is 4.73. The van der Waals surface area contributed by atoms with Gasteiger partial charge in [-0.25, -0.2) is 0 Å². The van der Waals surface area contributed by atoms with Crippen LogP contribution in [-0.2, 0) is 11.2 Å². The number of thiophene rings is 1. The molecular weight excluding hydrogens is 242 g/mol. The lowest BCUT2D eigenvalue weighted by molar-refractivity contribution is -0.122. The molecule has 1 amide bonds. The zero-order chi connectivity index (χ0) is 12.5. The van der Waals surface area contributed by atoms with Crippen molar-refractivity contribution in [1.82, 2.24) is 5.32 Å². The van der Waals surface area contributed by atoms with Crippen molar-refractivity contribution in [3.05, 3.63) is 35.2 Å². The van der Waals surface area contributed by atoms with Crippen LogP contribution in [0.25, 0.3) is 10.1 Å². The first-order valence-electron chi connectivity index (χ1n) is 6.49. The van der Waals surface area contributed by atoms with Crippen LogP contribution in [0.1, 0.15) is 25.3 Å². The molecule has 1 heterocycles. The van der Waals surface area contributed by atoms with E-state index in [4.69, 9.17) is 0 Å². The Morgan fingerprint density at radius 1 is 1.44 bits per heavy atom. The number of carbonyl (C=O) groups is 1. The van der Waals surface area contributed by atoms with Crippen molar-refractivity contribution in [3.8, 4) is 0 Å². The molecule has 2 nitrogen and oxygen atoms in total. The molecule has 0 aliphatic heterocycles. The minimum absolute atomic E-state index is 0.219. The number of nitrogens with one attached hydrogen (secondary N) is 1. The maximum absolute atomic E-state index is 11.7. The summed E-state index contributed by atoms with van der Waals surface area (Å²) in [5.41, 5.74) is 1.35. The Kier molecular flexibility index (Phi) is 3.08. The van der Waals surface area contributed by atoms with Gasteiger partial charge in [-0.1, -0.05) is 18.2 Å². The molecule has 3 rings (SSSR count). The van der Waals surface area contributed by atoms with Crippen molar-refractivity contribution < 1.29 is 4.79 Å². The molecule has 1 aromatic carbocycles. The minimum Gasteiger partial charge on any atom is -0.353 e. The van der Waals surface area contributed by atoms with E-state index in [-0.39, 0.29) is 11.9 Å². The monoisotopic (exact) mass is 259 g/mol. The third kappa shape index (κ3) is 2.41. The van der Waals surface area contributed by atoms with Crippen molar-refractivity contribution in [2.45, 2.75) is 32.2 Å². The van der Waals surface area contributed by atoms with Crippen molar-refractivity contribution in [3.63, 3.8) is 0 Å². The highest BCUT2D eigenvalue weighted by atomic mass is 32.1.